The third-order valence-corrected chi connectivity index (χ3v) is 4.60. The maximum Gasteiger partial charge on any atom is 0.136 e. The average Bonchev–Trinajstić information content (AvgIpc) is 2.70. The van der Waals surface area contributed by atoms with Gasteiger partial charge in [-0.1, -0.05) is 25.4 Å². The second kappa shape index (κ2) is 6.08. The minimum atomic E-state index is 0.132. The van der Waals surface area contributed by atoms with Gasteiger partial charge in [0.15, 0.2) is 0 Å². The Kier molecular flexibility index (Phi) is 4.67. The molecule has 1 heterocycles. The number of carbonyl (C=O) groups is 1. The van der Waals surface area contributed by atoms with Crippen molar-refractivity contribution >= 4 is 17.4 Å². The van der Waals surface area contributed by atoms with E-state index in [1.165, 1.54) is 0 Å². The van der Waals surface area contributed by atoms with Crippen LogP contribution >= 0.6 is 11.6 Å². The minimum absolute atomic E-state index is 0.132. The van der Waals surface area contributed by atoms with E-state index in [1.54, 1.807) is 0 Å². The molecule has 0 aromatic carbocycles. The highest BCUT2D eigenvalue weighted by molar-refractivity contribution is 6.31. The van der Waals surface area contributed by atoms with E-state index < -0.39 is 0 Å². The molecule has 106 valence electrons. The van der Waals surface area contributed by atoms with Gasteiger partial charge in [-0.25, -0.2) is 0 Å². The van der Waals surface area contributed by atoms with Crippen LogP contribution in [0.5, 0.6) is 0 Å². The van der Waals surface area contributed by atoms with Crippen LogP contribution in [0, 0.1) is 11.8 Å². The van der Waals surface area contributed by atoms with Crippen molar-refractivity contribution in [2.24, 2.45) is 11.8 Å². The number of hydrogen-bond acceptors (Lipinski definition) is 2. The van der Waals surface area contributed by atoms with Crippen LogP contribution in [0.1, 0.15) is 51.4 Å². The van der Waals surface area contributed by atoms with Crippen molar-refractivity contribution in [1.82, 2.24) is 9.78 Å². The number of aromatic nitrogens is 2. The van der Waals surface area contributed by atoms with E-state index in [0.717, 1.165) is 55.1 Å². The number of nitrogens with zero attached hydrogens (tertiary/aromatic N) is 2. The fourth-order valence-corrected chi connectivity index (χ4v) is 3.32. The van der Waals surface area contributed by atoms with E-state index in [-0.39, 0.29) is 5.92 Å². The van der Waals surface area contributed by atoms with Gasteiger partial charge in [0.1, 0.15) is 5.78 Å². The first kappa shape index (κ1) is 14.6. The van der Waals surface area contributed by atoms with Crippen molar-refractivity contribution in [2.45, 2.75) is 59.4 Å². The molecule has 1 aliphatic rings. The zero-order valence-electron chi connectivity index (χ0n) is 12.1. The van der Waals surface area contributed by atoms with Crippen LogP contribution in [0.25, 0.3) is 0 Å². The molecule has 0 bridgehead atoms. The lowest BCUT2D eigenvalue weighted by Crippen LogP contribution is -2.26. The molecule has 1 aromatic heterocycles. The molecule has 1 aromatic rings. The van der Waals surface area contributed by atoms with Gasteiger partial charge in [0, 0.05) is 25.3 Å². The topological polar surface area (TPSA) is 34.9 Å². The van der Waals surface area contributed by atoms with Crippen molar-refractivity contribution in [1.29, 1.82) is 0 Å². The fraction of sp³-hybridized carbons (Fsp3) is 0.733. The Balaban J connectivity index is 2.22. The first-order chi connectivity index (χ1) is 9.06. The Bertz CT molecular complexity index is 467. The second-order valence-electron chi connectivity index (χ2n) is 5.62. The van der Waals surface area contributed by atoms with Crippen LogP contribution in [0.2, 0.25) is 5.02 Å². The predicted molar refractivity (Wildman–Crippen MR) is 77.5 cm³/mol. The fourth-order valence-electron chi connectivity index (χ4n) is 2.97. The minimum Gasteiger partial charge on any atom is -0.299 e. The highest BCUT2D eigenvalue weighted by atomic mass is 35.5. The van der Waals surface area contributed by atoms with Gasteiger partial charge in [0.2, 0.25) is 0 Å². The van der Waals surface area contributed by atoms with Gasteiger partial charge in [-0.3, -0.25) is 9.48 Å². The van der Waals surface area contributed by atoms with E-state index in [2.05, 4.69) is 25.9 Å². The number of rotatable bonds is 4. The maximum atomic E-state index is 12.1. The summed E-state index contributed by atoms with van der Waals surface area (Å²) in [5, 5.41) is 5.30. The summed E-state index contributed by atoms with van der Waals surface area (Å²) >= 11 is 6.42. The molecule has 0 N–H and O–H groups in total. The number of carbonyl (C=O) groups excluding carboxylic acids is 1. The van der Waals surface area contributed by atoms with Crippen LogP contribution in [-0.2, 0) is 24.2 Å². The molecule has 0 radical (unpaired) electrons. The van der Waals surface area contributed by atoms with E-state index in [4.69, 9.17) is 11.6 Å². The molecular formula is C15H23ClN2O. The molecular weight excluding hydrogens is 260 g/mol. The molecule has 2 atom stereocenters. The number of ketones is 1. The van der Waals surface area contributed by atoms with Gasteiger partial charge in [0.05, 0.1) is 16.4 Å². The summed E-state index contributed by atoms with van der Waals surface area (Å²) in [6.45, 7) is 7.17. The summed E-state index contributed by atoms with van der Waals surface area (Å²) in [6.07, 6.45) is 4.35. The van der Waals surface area contributed by atoms with Crippen molar-refractivity contribution in [3.8, 4) is 0 Å². The van der Waals surface area contributed by atoms with Crippen LogP contribution in [0.3, 0.4) is 0 Å². The van der Waals surface area contributed by atoms with Crippen molar-refractivity contribution in [3.63, 3.8) is 0 Å². The Morgan fingerprint density at radius 3 is 2.79 bits per heavy atom. The zero-order valence-corrected chi connectivity index (χ0v) is 12.8. The summed E-state index contributed by atoms with van der Waals surface area (Å²) in [6, 6.07) is 0. The number of Topliss-reactive ketones (excluding diaryl/α,β-unsaturated/α-hetero) is 1. The number of halogens is 1. The zero-order chi connectivity index (χ0) is 14.0. The molecule has 0 amide bonds. The molecule has 3 nitrogen and oxygen atoms in total. The quantitative estimate of drug-likeness (QED) is 0.845. The summed E-state index contributed by atoms with van der Waals surface area (Å²) < 4.78 is 1.97. The summed E-state index contributed by atoms with van der Waals surface area (Å²) in [7, 11) is 0. The van der Waals surface area contributed by atoms with E-state index >= 15 is 0 Å². The van der Waals surface area contributed by atoms with Crippen molar-refractivity contribution < 1.29 is 4.79 Å². The Morgan fingerprint density at radius 1 is 1.42 bits per heavy atom. The Hall–Kier alpha value is -0.830. The first-order valence-electron chi connectivity index (χ1n) is 7.33. The van der Waals surface area contributed by atoms with Crippen LogP contribution in [0.15, 0.2) is 0 Å². The average molecular weight is 283 g/mol. The van der Waals surface area contributed by atoms with Gasteiger partial charge in [0.25, 0.3) is 0 Å². The summed E-state index contributed by atoms with van der Waals surface area (Å²) in [4.78, 5) is 12.1. The molecule has 0 saturated heterocycles. The monoisotopic (exact) mass is 282 g/mol. The molecule has 4 heteroatoms. The standard InChI is InChI=1S/C15H23ClN2O/c1-4-12-15(16)13(18(5-2)17-12)9-11-8-10(3)6-7-14(11)19/h10-11H,4-9H2,1-3H3. The van der Waals surface area contributed by atoms with Crippen LogP contribution < -0.4 is 0 Å². The summed E-state index contributed by atoms with van der Waals surface area (Å²) in [5.41, 5.74) is 2.00. The smallest absolute Gasteiger partial charge is 0.136 e. The van der Waals surface area contributed by atoms with Crippen LogP contribution in [-0.4, -0.2) is 15.6 Å². The van der Waals surface area contributed by atoms with Crippen LogP contribution in [0.4, 0.5) is 0 Å². The lowest BCUT2D eigenvalue weighted by atomic mass is 9.79. The van der Waals surface area contributed by atoms with E-state index in [1.807, 2.05) is 4.68 Å². The third kappa shape index (κ3) is 3.02. The molecule has 1 fully saturated rings. The molecule has 2 rings (SSSR count). The molecule has 0 spiro atoms. The lowest BCUT2D eigenvalue weighted by molar-refractivity contribution is -0.125. The van der Waals surface area contributed by atoms with E-state index in [9.17, 15) is 4.79 Å². The van der Waals surface area contributed by atoms with Gasteiger partial charge in [-0.05, 0) is 32.1 Å². The summed E-state index contributed by atoms with van der Waals surface area (Å²) in [5.74, 6) is 1.18. The van der Waals surface area contributed by atoms with Crippen molar-refractivity contribution in [3.05, 3.63) is 16.4 Å². The van der Waals surface area contributed by atoms with Gasteiger partial charge < -0.3 is 0 Å². The second-order valence-corrected chi connectivity index (χ2v) is 6.00. The number of aryl methyl sites for hydroxylation is 2. The molecule has 1 aliphatic carbocycles. The lowest BCUT2D eigenvalue weighted by Gasteiger charge is -2.25. The predicted octanol–water partition coefficient (Wildman–Crippen LogP) is 3.67. The van der Waals surface area contributed by atoms with Crippen molar-refractivity contribution in [2.75, 3.05) is 0 Å². The Labute approximate surface area is 120 Å². The molecule has 2 unspecified atom stereocenters. The van der Waals surface area contributed by atoms with E-state index in [0.29, 0.717) is 11.7 Å². The Morgan fingerprint density at radius 2 is 2.16 bits per heavy atom. The first-order valence-corrected chi connectivity index (χ1v) is 7.71. The normalized spacial score (nSPS) is 23.9. The highest BCUT2D eigenvalue weighted by Gasteiger charge is 2.29. The molecule has 1 saturated carbocycles. The SMILES string of the molecule is CCc1nn(CC)c(CC2CC(C)CCC2=O)c1Cl. The van der Waals surface area contributed by atoms with Gasteiger partial charge >= 0.3 is 0 Å². The molecule has 0 aliphatic heterocycles. The van der Waals surface area contributed by atoms with Gasteiger partial charge in [-0.15, -0.1) is 0 Å². The maximum absolute atomic E-state index is 12.1. The molecule has 19 heavy (non-hydrogen) atoms. The number of hydrogen-bond donors (Lipinski definition) is 0. The third-order valence-electron chi connectivity index (χ3n) is 4.16. The largest absolute Gasteiger partial charge is 0.299 e. The highest BCUT2D eigenvalue weighted by Crippen LogP contribution is 2.31. The van der Waals surface area contributed by atoms with Gasteiger partial charge in [-0.2, -0.15) is 5.10 Å².